The van der Waals surface area contributed by atoms with E-state index in [9.17, 15) is 0 Å². The molecule has 0 fully saturated rings. The molecule has 0 spiro atoms. The average Bonchev–Trinajstić information content (AvgIpc) is 2.45. The molecule has 0 aromatic heterocycles. The molecule has 19 heavy (non-hydrogen) atoms. The van der Waals surface area contributed by atoms with Crippen molar-refractivity contribution in [2.75, 3.05) is 0 Å². The van der Waals surface area contributed by atoms with Gasteiger partial charge in [-0.1, -0.05) is 72.8 Å². The van der Waals surface area contributed by atoms with Crippen LogP contribution < -0.4 is 5.32 Å². The molecular formula is C18H21N. The van der Waals surface area contributed by atoms with Crippen LogP contribution in [0.2, 0.25) is 0 Å². The van der Waals surface area contributed by atoms with Gasteiger partial charge in [-0.3, -0.25) is 0 Å². The molecule has 0 saturated heterocycles. The minimum atomic E-state index is 0.251. The lowest BCUT2D eigenvalue weighted by Gasteiger charge is -2.18. The van der Waals surface area contributed by atoms with E-state index in [1.165, 1.54) is 11.1 Å². The number of rotatable bonds is 5. The molecule has 1 N–H and O–H groups in total. The Hall–Kier alpha value is -1.86. The van der Waals surface area contributed by atoms with Gasteiger partial charge in [0.25, 0.3) is 0 Å². The molecule has 2 rings (SSSR count). The van der Waals surface area contributed by atoms with Gasteiger partial charge in [0.2, 0.25) is 0 Å². The van der Waals surface area contributed by atoms with Crippen LogP contribution in [0.4, 0.5) is 0 Å². The second-order valence-corrected chi connectivity index (χ2v) is 4.98. The zero-order chi connectivity index (χ0) is 13.5. The van der Waals surface area contributed by atoms with Gasteiger partial charge in [0.1, 0.15) is 0 Å². The Labute approximate surface area is 116 Å². The SMILES string of the molecule is CC(C)N[C@H](/C=C/c1ccccc1)c1ccccc1. The summed E-state index contributed by atoms with van der Waals surface area (Å²) in [6.07, 6.45) is 4.40. The molecule has 0 saturated carbocycles. The standard InChI is InChI=1S/C18H21N/c1-15(2)19-18(17-11-7-4-8-12-17)14-13-16-9-5-3-6-10-16/h3-15,18-19H,1-2H3/b14-13+/t18-/m1/s1. The van der Waals surface area contributed by atoms with E-state index >= 15 is 0 Å². The quantitative estimate of drug-likeness (QED) is 0.828. The smallest absolute Gasteiger partial charge is 0.0511 e. The van der Waals surface area contributed by atoms with Crippen LogP contribution in [0.1, 0.15) is 31.0 Å². The van der Waals surface area contributed by atoms with Crippen LogP contribution >= 0.6 is 0 Å². The van der Waals surface area contributed by atoms with Crippen molar-refractivity contribution >= 4 is 6.08 Å². The minimum absolute atomic E-state index is 0.251. The molecule has 1 nitrogen and oxygen atoms in total. The van der Waals surface area contributed by atoms with Crippen molar-refractivity contribution in [2.24, 2.45) is 0 Å². The third-order valence-corrected chi connectivity index (χ3v) is 2.95. The number of benzene rings is 2. The Balaban J connectivity index is 2.17. The van der Waals surface area contributed by atoms with Crippen LogP contribution in [0.25, 0.3) is 6.08 Å². The molecule has 1 heteroatoms. The Bertz CT molecular complexity index is 500. The third-order valence-electron chi connectivity index (χ3n) is 2.95. The molecule has 0 heterocycles. The van der Waals surface area contributed by atoms with E-state index in [-0.39, 0.29) is 6.04 Å². The summed E-state index contributed by atoms with van der Waals surface area (Å²) < 4.78 is 0. The molecule has 0 aliphatic heterocycles. The summed E-state index contributed by atoms with van der Waals surface area (Å²) in [5.74, 6) is 0. The van der Waals surface area contributed by atoms with Gasteiger partial charge in [-0.2, -0.15) is 0 Å². The van der Waals surface area contributed by atoms with E-state index in [2.05, 4.69) is 85.9 Å². The van der Waals surface area contributed by atoms with Crippen molar-refractivity contribution in [3.05, 3.63) is 77.9 Å². The molecular weight excluding hydrogens is 230 g/mol. The Morgan fingerprint density at radius 1 is 0.842 bits per heavy atom. The first-order valence-corrected chi connectivity index (χ1v) is 6.80. The molecule has 0 radical (unpaired) electrons. The maximum atomic E-state index is 3.58. The largest absolute Gasteiger partial charge is 0.304 e. The lowest BCUT2D eigenvalue weighted by molar-refractivity contribution is 0.540. The summed E-state index contributed by atoms with van der Waals surface area (Å²) in [7, 11) is 0. The van der Waals surface area contributed by atoms with Crippen molar-refractivity contribution in [1.82, 2.24) is 5.32 Å². The van der Waals surface area contributed by atoms with Crippen molar-refractivity contribution in [2.45, 2.75) is 25.9 Å². The Morgan fingerprint density at radius 3 is 2.00 bits per heavy atom. The van der Waals surface area contributed by atoms with E-state index in [0.29, 0.717) is 6.04 Å². The minimum Gasteiger partial charge on any atom is -0.304 e. The second kappa shape index (κ2) is 6.91. The van der Waals surface area contributed by atoms with E-state index in [0.717, 1.165) is 0 Å². The first-order chi connectivity index (χ1) is 9.25. The highest BCUT2D eigenvalue weighted by atomic mass is 14.9. The van der Waals surface area contributed by atoms with Gasteiger partial charge >= 0.3 is 0 Å². The lowest BCUT2D eigenvalue weighted by atomic mass is 10.0. The Morgan fingerprint density at radius 2 is 1.42 bits per heavy atom. The first kappa shape index (κ1) is 13.6. The van der Waals surface area contributed by atoms with Crippen LogP contribution in [-0.2, 0) is 0 Å². The van der Waals surface area contributed by atoms with E-state index < -0.39 is 0 Å². The molecule has 2 aromatic carbocycles. The summed E-state index contributed by atoms with van der Waals surface area (Å²) in [4.78, 5) is 0. The average molecular weight is 251 g/mol. The van der Waals surface area contributed by atoms with Gasteiger partial charge in [-0.15, -0.1) is 0 Å². The van der Waals surface area contributed by atoms with Gasteiger partial charge in [0, 0.05) is 6.04 Å². The summed E-state index contributed by atoms with van der Waals surface area (Å²) in [5, 5.41) is 3.58. The summed E-state index contributed by atoms with van der Waals surface area (Å²) >= 11 is 0. The van der Waals surface area contributed by atoms with Crippen LogP contribution in [0.15, 0.2) is 66.7 Å². The van der Waals surface area contributed by atoms with Crippen molar-refractivity contribution < 1.29 is 0 Å². The molecule has 0 amide bonds. The summed E-state index contributed by atoms with van der Waals surface area (Å²) in [6, 6.07) is 21.6. The highest BCUT2D eigenvalue weighted by Crippen LogP contribution is 2.16. The fourth-order valence-electron chi connectivity index (χ4n) is 2.05. The maximum absolute atomic E-state index is 3.58. The van der Waals surface area contributed by atoms with Gasteiger partial charge in [0.05, 0.1) is 6.04 Å². The van der Waals surface area contributed by atoms with Gasteiger partial charge in [-0.05, 0) is 25.0 Å². The predicted molar refractivity (Wildman–Crippen MR) is 82.9 cm³/mol. The van der Waals surface area contributed by atoms with Gasteiger partial charge in [0.15, 0.2) is 0 Å². The highest BCUT2D eigenvalue weighted by molar-refractivity contribution is 5.50. The molecule has 0 bridgehead atoms. The predicted octanol–water partition coefficient (Wildman–Crippen LogP) is 4.44. The highest BCUT2D eigenvalue weighted by Gasteiger charge is 2.08. The fourth-order valence-corrected chi connectivity index (χ4v) is 2.05. The molecule has 0 unspecified atom stereocenters. The molecule has 1 atom stereocenters. The van der Waals surface area contributed by atoms with Crippen molar-refractivity contribution in [3.8, 4) is 0 Å². The van der Waals surface area contributed by atoms with Crippen LogP contribution in [-0.4, -0.2) is 6.04 Å². The summed E-state index contributed by atoms with van der Waals surface area (Å²) in [5.41, 5.74) is 2.53. The lowest BCUT2D eigenvalue weighted by Crippen LogP contribution is -2.26. The summed E-state index contributed by atoms with van der Waals surface area (Å²) in [6.45, 7) is 4.35. The van der Waals surface area contributed by atoms with E-state index in [1.807, 2.05) is 6.07 Å². The van der Waals surface area contributed by atoms with E-state index in [4.69, 9.17) is 0 Å². The van der Waals surface area contributed by atoms with Crippen molar-refractivity contribution in [3.63, 3.8) is 0 Å². The van der Waals surface area contributed by atoms with Crippen LogP contribution in [0.3, 0.4) is 0 Å². The molecule has 0 aliphatic rings. The van der Waals surface area contributed by atoms with Crippen LogP contribution in [0.5, 0.6) is 0 Å². The fraction of sp³-hybridized carbons (Fsp3) is 0.222. The topological polar surface area (TPSA) is 12.0 Å². The maximum Gasteiger partial charge on any atom is 0.0511 e. The molecule has 0 aliphatic carbocycles. The van der Waals surface area contributed by atoms with Gasteiger partial charge in [-0.25, -0.2) is 0 Å². The second-order valence-electron chi connectivity index (χ2n) is 4.98. The third kappa shape index (κ3) is 4.38. The normalized spacial score (nSPS) is 13.0. The number of nitrogens with one attached hydrogen (secondary N) is 1. The monoisotopic (exact) mass is 251 g/mol. The molecule has 2 aromatic rings. The van der Waals surface area contributed by atoms with Crippen molar-refractivity contribution in [1.29, 1.82) is 0 Å². The Kier molecular flexibility index (Phi) is 4.93. The van der Waals surface area contributed by atoms with Gasteiger partial charge < -0.3 is 5.32 Å². The zero-order valence-electron chi connectivity index (χ0n) is 11.6. The molecule has 98 valence electrons. The first-order valence-electron chi connectivity index (χ1n) is 6.80. The zero-order valence-corrected chi connectivity index (χ0v) is 11.6. The number of hydrogen-bond donors (Lipinski definition) is 1. The van der Waals surface area contributed by atoms with E-state index in [1.54, 1.807) is 0 Å². The number of hydrogen-bond acceptors (Lipinski definition) is 1. The van der Waals surface area contributed by atoms with Crippen LogP contribution in [0, 0.1) is 0 Å².